The van der Waals surface area contributed by atoms with Crippen LogP contribution in [0.3, 0.4) is 0 Å². The first-order valence-electron chi connectivity index (χ1n) is 7.67. The van der Waals surface area contributed by atoms with Crippen LogP contribution in [0.15, 0.2) is 6.20 Å². The lowest BCUT2D eigenvalue weighted by atomic mass is 9.69. The molecule has 1 aliphatic heterocycles. The van der Waals surface area contributed by atoms with Gasteiger partial charge in [-0.15, -0.1) is 11.3 Å². The lowest BCUT2D eigenvalue weighted by Gasteiger charge is -2.37. The molecule has 2 aliphatic carbocycles. The van der Waals surface area contributed by atoms with Crippen molar-refractivity contribution in [2.75, 3.05) is 5.75 Å². The van der Waals surface area contributed by atoms with Gasteiger partial charge in [-0.2, -0.15) is 4.31 Å². The molecule has 4 nitrogen and oxygen atoms in total. The molecular formula is C15H22N2O2S2. The highest BCUT2D eigenvalue weighted by Crippen LogP contribution is 2.70. The van der Waals surface area contributed by atoms with E-state index in [0.29, 0.717) is 18.2 Å². The average molecular weight is 326 g/mol. The molecule has 116 valence electrons. The summed E-state index contributed by atoms with van der Waals surface area (Å²) in [5, 5.41) is 1.00. The Kier molecular flexibility index (Phi) is 2.75. The Morgan fingerprint density at radius 3 is 2.86 bits per heavy atom. The van der Waals surface area contributed by atoms with E-state index in [1.54, 1.807) is 15.6 Å². The van der Waals surface area contributed by atoms with Crippen LogP contribution in [0.5, 0.6) is 0 Å². The predicted octanol–water partition coefficient (Wildman–Crippen LogP) is 2.79. The van der Waals surface area contributed by atoms with Crippen molar-refractivity contribution in [2.45, 2.75) is 52.6 Å². The van der Waals surface area contributed by atoms with Gasteiger partial charge in [0.05, 0.1) is 10.8 Å². The predicted molar refractivity (Wildman–Crippen MR) is 83.5 cm³/mol. The Labute approximate surface area is 130 Å². The topological polar surface area (TPSA) is 50.3 Å². The van der Waals surface area contributed by atoms with Crippen LogP contribution in [0.25, 0.3) is 0 Å². The summed E-state index contributed by atoms with van der Waals surface area (Å²) in [6.45, 7) is 7.07. The van der Waals surface area contributed by atoms with Crippen LogP contribution in [-0.2, 0) is 16.6 Å². The Hall–Kier alpha value is -0.460. The number of fused-ring (bicyclic) bond motifs is 1. The summed E-state index contributed by atoms with van der Waals surface area (Å²) in [6, 6.07) is 0.207. The minimum absolute atomic E-state index is 0.0176. The molecule has 6 heteroatoms. The number of nitrogens with zero attached hydrogens (tertiary/aromatic N) is 2. The maximum atomic E-state index is 12.8. The van der Waals surface area contributed by atoms with E-state index in [-0.39, 0.29) is 16.9 Å². The van der Waals surface area contributed by atoms with Crippen molar-refractivity contribution >= 4 is 21.4 Å². The zero-order chi connectivity index (χ0) is 15.0. The summed E-state index contributed by atoms with van der Waals surface area (Å²) in [7, 11) is -3.14. The number of aromatic nitrogens is 1. The fraction of sp³-hybridized carbons (Fsp3) is 0.800. The normalized spacial score (nSPS) is 39.8. The Morgan fingerprint density at radius 1 is 1.48 bits per heavy atom. The second kappa shape index (κ2) is 4.09. The van der Waals surface area contributed by atoms with Crippen molar-refractivity contribution < 1.29 is 8.42 Å². The molecule has 1 aromatic rings. The molecule has 0 amide bonds. The van der Waals surface area contributed by atoms with E-state index in [2.05, 4.69) is 18.8 Å². The van der Waals surface area contributed by atoms with E-state index >= 15 is 0 Å². The quantitative estimate of drug-likeness (QED) is 0.840. The zero-order valence-electron chi connectivity index (χ0n) is 12.8. The number of hydrogen-bond donors (Lipinski definition) is 0. The third kappa shape index (κ3) is 1.70. The zero-order valence-corrected chi connectivity index (χ0v) is 14.4. The average Bonchev–Trinajstić information content (AvgIpc) is 3.01. The van der Waals surface area contributed by atoms with Crippen LogP contribution in [0.4, 0.5) is 0 Å². The highest BCUT2D eigenvalue weighted by atomic mass is 32.2. The lowest BCUT2D eigenvalue weighted by Crippen LogP contribution is -2.41. The van der Waals surface area contributed by atoms with Gasteiger partial charge in [0.2, 0.25) is 10.0 Å². The smallest absolute Gasteiger partial charge is 0.215 e. The molecule has 1 spiro atoms. The minimum Gasteiger partial charge on any atom is -0.250 e. The molecule has 3 aliphatic rings. The fourth-order valence-electron chi connectivity index (χ4n) is 5.22. The molecule has 0 N–H and O–H groups in total. The van der Waals surface area contributed by atoms with Crippen molar-refractivity contribution in [3.63, 3.8) is 0 Å². The molecule has 2 heterocycles. The van der Waals surface area contributed by atoms with Crippen molar-refractivity contribution in [3.8, 4) is 0 Å². The first kappa shape index (κ1) is 14.2. The van der Waals surface area contributed by atoms with Crippen molar-refractivity contribution in [1.82, 2.24) is 9.29 Å². The molecule has 4 rings (SSSR count). The van der Waals surface area contributed by atoms with Gasteiger partial charge in [0.25, 0.3) is 0 Å². The maximum absolute atomic E-state index is 12.8. The molecule has 2 saturated carbocycles. The van der Waals surface area contributed by atoms with Gasteiger partial charge in [0, 0.05) is 29.1 Å². The lowest BCUT2D eigenvalue weighted by molar-refractivity contribution is 0.112. The fourth-order valence-corrected chi connectivity index (χ4v) is 8.63. The molecule has 3 atom stereocenters. The summed E-state index contributed by atoms with van der Waals surface area (Å²) < 4.78 is 27.3. The molecular weight excluding hydrogens is 304 g/mol. The van der Waals surface area contributed by atoms with Gasteiger partial charge < -0.3 is 0 Å². The number of rotatable bonds is 2. The van der Waals surface area contributed by atoms with Crippen LogP contribution < -0.4 is 0 Å². The highest BCUT2D eigenvalue weighted by molar-refractivity contribution is 7.89. The summed E-state index contributed by atoms with van der Waals surface area (Å²) in [5.74, 6) is 1.04. The Balaban J connectivity index is 1.72. The van der Waals surface area contributed by atoms with Gasteiger partial charge in [0.1, 0.15) is 0 Å². The minimum atomic E-state index is -3.14. The maximum Gasteiger partial charge on any atom is 0.215 e. The third-order valence-corrected chi connectivity index (χ3v) is 9.39. The molecule has 0 aromatic carbocycles. The molecule has 0 radical (unpaired) electrons. The summed E-state index contributed by atoms with van der Waals surface area (Å²) >= 11 is 1.61. The van der Waals surface area contributed by atoms with Gasteiger partial charge in [-0.1, -0.05) is 13.8 Å². The number of sulfonamides is 1. The van der Waals surface area contributed by atoms with E-state index < -0.39 is 10.0 Å². The second-order valence-corrected chi connectivity index (χ2v) is 10.8. The SMILES string of the molecule is Cc1ncc(CN2[C@H]3C[C@H]4CC[C@@]3(CS2(=O)=O)C4(C)C)s1. The molecule has 1 aromatic heterocycles. The Bertz CT molecular complexity index is 694. The summed E-state index contributed by atoms with van der Waals surface area (Å²) in [6.07, 6.45) is 5.15. The van der Waals surface area contributed by atoms with E-state index in [0.717, 1.165) is 22.7 Å². The molecule has 0 unspecified atom stereocenters. The largest absolute Gasteiger partial charge is 0.250 e. The van der Waals surface area contributed by atoms with Crippen LogP contribution in [0.1, 0.15) is 43.0 Å². The van der Waals surface area contributed by atoms with Crippen LogP contribution in [0.2, 0.25) is 0 Å². The highest BCUT2D eigenvalue weighted by Gasteiger charge is 2.71. The standard InChI is InChI=1S/C15H22N2O2S2/c1-10-16-7-12(20-10)8-17-13-6-11-4-5-15(13,14(11,2)3)9-21(17,18)19/h7,11,13H,4-6,8-9H2,1-3H3/t11-,13+,15+/m1/s1. The number of hydrogen-bond acceptors (Lipinski definition) is 4. The van der Waals surface area contributed by atoms with Crippen LogP contribution in [-0.4, -0.2) is 29.5 Å². The number of aryl methyl sites for hydroxylation is 1. The van der Waals surface area contributed by atoms with Crippen LogP contribution >= 0.6 is 11.3 Å². The molecule has 2 bridgehead atoms. The van der Waals surface area contributed by atoms with Crippen LogP contribution in [0, 0.1) is 23.7 Å². The number of thiazole rings is 1. The van der Waals surface area contributed by atoms with E-state index in [1.165, 1.54) is 6.42 Å². The third-order valence-electron chi connectivity index (χ3n) is 6.51. The van der Waals surface area contributed by atoms with E-state index in [4.69, 9.17) is 0 Å². The van der Waals surface area contributed by atoms with Gasteiger partial charge in [0.15, 0.2) is 0 Å². The van der Waals surface area contributed by atoms with Crippen molar-refractivity contribution in [2.24, 2.45) is 16.7 Å². The van der Waals surface area contributed by atoms with Gasteiger partial charge in [-0.3, -0.25) is 0 Å². The Morgan fingerprint density at radius 2 is 2.24 bits per heavy atom. The second-order valence-electron chi connectivity index (χ2n) is 7.51. The van der Waals surface area contributed by atoms with E-state index in [1.807, 2.05) is 13.1 Å². The summed E-state index contributed by atoms with van der Waals surface area (Å²) in [4.78, 5) is 5.33. The molecule has 1 saturated heterocycles. The van der Waals surface area contributed by atoms with Crippen molar-refractivity contribution in [1.29, 1.82) is 0 Å². The first-order valence-corrected chi connectivity index (χ1v) is 10.1. The molecule has 21 heavy (non-hydrogen) atoms. The summed E-state index contributed by atoms with van der Waals surface area (Å²) in [5.41, 5.74) is 0.138. The van der Waals surface area contributed by atoms with E-state index in [9.17, 15) is 8.42 Å². The monoisotopic (exact) mass is 326 g/mol. The first-order chi connectivity index (χ1) is 9.76. The van der Waals surface area contributed by atoms with Gasteiger partial charge in [-0.25, -0.2) is 13.4 Å². The van der Waals surface area contributed by atoms with Gasteiger partial charge in [-0.05, 0) is 37.5 Å². The molecule has 3 fully saturated rings. The van der Waals surface area contributed by atoms with Gasteiger partial charge >= 0.3 is 0 Å². The van der Waals surface area contributed by atoms with Crippen molar-refractivity contribution in [3.05, 3.63) is 16.1 Å².